The van der Waals surface area contributed by atoms with E-state index in [0.717, 1.165) is 5.56 Å². The Morgan fingerprint density at radius 3 is 2.71 bits per heavy atom. The molecule has 2 N–H and O–H groups in total. The summed E-state index contributed by atoms with van der Waals surface area (Å²) in [5.74, 6) is -0.981. The summed E-state index contributed by atoms with van der Waals surface area (Å²) >= 11 is 1.65. The first-order valence-corrected chi connectivity index (χ1v) is 8.01. The molecule has 2 rings (SSSR count). The van der Waals surface area contributed by atoms with Crippen molar-refractivity contribution in [3.63, 3.8) is 0 Å². The monoisotopic (exact) mass is 308 g/mol. The second-order valence-electron chi connectivity index (χ2n) is 5.68. The number of carbonyl (C=O) groups excluding carboxylic acids is 1. The second kappa shape index (κ2) is 5.97. The lowest BCUT2D eigenvalue weighted by Crippen LogP contribution is -2.50. The van der Waals surface area contributed by atoms with E-state index >= 15 is 0 Å². The predicted octanol–water partition coefficient (Wildman–Crippen LogP) is 2.35. The van der Waals surface area contributed by atoms with E-state index in [-0.39, 0.29) is 10.8 Å². The summed E-state index contributed by atoms with van der Waals surface area (Å²) in [6, 6.07) is 6.14. The highest BCUT2D eigenvalue weighted by Gasteiger charge is 2.38. The fourth-order valence-electron chi connectivity index (χ4n) is 2.28. The smallest absolute Gasteiger partial charge is 0.327 e. The number of carboxylic acid groups (broad SMARTS) is 1. The molecule has 1 atom stereocenters. The van der Waals surface area contributed by atoms with Gasteiger partial charge in [-0.2, -0.15) is 11.8 Å². The molecular formula is C15H20N2O3S. The average molecular weight is 308 g/mol. The average Bonchev–Trinajstić information content (AvgIpc) is 2.84. The van der Waals surface area contributed by atoms with Crippen molar-refractivity contribution in [3.05, 3.63) is 29.8 Å². The van der Waals surface area contributed by atoms with Crippen LogP contribution < -0.4 is 10.2 Å². The highest BCUT2D eigenvalue weighted by Crippen LogP contribution is 2.32. The topological polar surface area (TPSA) is 69.6 Å². The first-order valence-electron chi connectivity index (χ1n) is 6.78. The van der Waals surface area contributed by atoms with E-state index in [1.165, 1.54) is 4.90 Å². The number of benzene rings is 1. The molecule has 114 valence electrons. The van der Waals surface area contributed by atoms with E-state index in [1.807, 2.05) is 38.3 Å². The number of thioether (sulfide) groups is 1. The summed E-state index contributed by atoms with van der Waals surface area (Å²) in [6.45, 7) is 4.55. The minimum absolute atomic E-state index is 0.0897. The van der Waals surface area contributed by atoms with Crippen LogP contribution in [0.2, 0.25) is 0 Å². The van der Waals surface area contributed by atoms with Crippen molar-refractivity contribution in [1.82, 2.24) is 5.32 Å². The van der Waals surface area contributed by atoms with Gasteiger partial charge in [-0.05, 0) is 31.7 Å². The van der Waals surface area contributed by atoms with Gasteiger partial charge in [-0.25, -0.2) is 9.59 Å². The first-order chi connectivity index (χ1) is 9.85. The van der Waals surface area contributed by atoms with E-state index < -0.39 is 12.0 Å². The van der Waals surface area contributed by atoms with Crippen LogP contribution in [0, 0.1) is 0 Å². The maximum Gasteiger partial charge on any atom is 0.327 e. The molecule has 5 nitrogen and oxygen atoms in total. The number of anilines is 1. The Morgan fingerprint density at radius 1 is 1.43 bits per heavy atom. The molecule has 0 aromatic heterocycles. The van der Waals surface area contributed by atoms with Crippen LogP contribution in [0.3, 0.4) is 0 Å². The highest BCUT2D eigenvalue weighted by atomic mass is 32.2. The van der Waals surface area contributed by atoms with Gasteiger partial charge < -0.3 is 10.4 Å². The number of para-hydroxylation sites is 1. The van der Waals surface area contributed by atoms with Crippen molar-refractivity contribution >= 4 is 29.4 Å². The van der Waals surface area contributed by atoms with E-state index in [9.17, 15) is 14.7 Å². The van der Waals surface area contributed by atoms with E-state index in [4.69, 9.17) is 0 Å². The van der Waals surface area contributed by atoms with Gasteiger partial charge in [0.25, 0.3) is 0 Å². The summed E-state index contributed by atoms with van der Waals surface area (Å²) in [7, 11) is 0. The number of hydrogen-bond donors (Lipinski definition) is 2. The Balaban J connectivity index is 2.19. The zero-order chi connectivity index (χ0) is 15.6. The van der Waals surface area contributed by atoms with E-state index in [1.54, 1.807) is 17.8 Å². The standard InChI is InChI=1S/C15H20N2O3S/c1-15(2,21-3)9-16-14(20)17-11-7-5-4-6-10(11)8-12(17)13(18)19/h4-7,12H,8-9H2,1-3H3,(H,16,20)(H,18,19). The number of amides is 2. The number of rotatable bonds is 4. The molecule has 2 amide bonds. The number of fused-ring (bicyclic) bond motifs is 1. The number of carbonyl (C=O) groups is 2. The predicted molar refractivity (Wildman–Crippen MR) is 85.0 cm³/mol. The summed E-state index contributed by atoms with van der Waals surface area (Å²) in [5, 5.41) is 12.2. The molecule has 1 heterocycles. The van der Waals surface area contributed by atoms with Gasteiger partial charge in [-0.3, -0.25) is 4.90 Å². The molecule has 1 aromatic rings. The molecular weight excluding hydrogens is 288 g/mol. The van der Waals surface area contributed by atoms with Gasteiger partial charge >= 0.3 is 12.0 Å². The quantitative estimate of drug-likeness (QED) is 0.896. The first kappa shape index (κ1) is 15.7. The number of nitrogens with zero attached hydrogens (tertiary/aromatic N) is 1. The van der Waals surface area contributed by atoms with Gasteiger partial charge in [0.05, 0.1) is 0 Å². The SMILES string of the molecule is CSC(C)(C)CNC(=O)N1c2ccccc2CC1C(=O)O. The summed E-state index contributed by atoms with van der Waals surface area (Å²) in [5.41, 5.74) is 1.58. The number of urea groups is 1. The molecule has 0 radical (unpaired) electrons. The normalized spacial score (nSPS) is 17.5. The zero-order valence-electron chi connectivity index (χ0n) is 12.4. The van der Waals surface area contributed by atoms with Crippen LogP contribution in [0.1, 0.15) is 19.4 Å². The second-order valence-corrected chi connectivity index (χ2v) is 7.19. The molecule has 0 saturated heterocycles. The number of nitrogens with one attached hydrogen (secondary N) is 1. The lowest BCUT2D eigenvalue weighted by atomic mass is 10.1. The number of carboxylic acids is 1. The molecule has 6 heteroatoms. The Morgan fingerprint density at radius 2 is 2.10 bits per heavy atom. The van der Waals surface area contributed by atoms with Crippen molar-refractivity contribution in [2.75, 3.05) is 17.7 Å². The van der Waals surface area contributed by atoms with Crippen LogP contribution >= 0.6 is 11.8 Å². The molecule has 0 fully saturated rings. The lowest BCUT2D eigenvalue weighted by molar-refractivity contribution is -0.138. The van der Waals surface area contributed by atoms with Crippen molar-refractivity contribution in [1.29, 1.82) is 0 Å². The largest absolute Gasteiger partial charge is 0.480 e. The van der Waals surface area contributed by atoms with Crippen LogP contribution in [0.4, 0.5) is 10.5 Å². The third-order valence-electron chi connectivity index (χ3n) is 3.70. The third-order valence-corrected chi connectivity index (χ3v) is 4.95. The number of hydrogen-bond acceptors (Lipinski definition) is 3. The van der Waals surface area contributed by atoms with Gasteiger partial charge in [-0.15, -0.1) is 0 Å². The minimum atomic E-state index is -0.981. The summed E-state index contributed by atoms with van der Waals surface area (Å²) in [6.07, 6.45) is 2.34. The Bertz CT molecular complexity index is 560. The number of aliphatic carboxylic acids is 1. The van der Waals surface area contributed by atoms with Gasteiger partial charge in [0.15, 0.2) is 0 Å². The van der Waals surface area contributed by atoms with Gasteiger partial charge in [-0.1, -0.05) is 18.2 Å². The van der Waals surface area contributed by atoms with Crippen molar-refractivity contribution in [2.24, 2.45) is 0 Å². The van der Waals surface area contributed by atoms with E-state index in [2.05, 4.69) is 5.32 Å². The molecule has 1 aliphatic rings. The fraction of sp³-hybridized carbons (Fsp3) is 0.467. The molecule has 0 saturated carbocycles. The minimum Gasteiger partial charge on any atom is -0.480 e. The van der Waals surface area contributed by atoms with Crippen LogP contribution in [0.15, 0.2) is 24.3 Å². The molecule has 1 unspecified atom stereocenters. The fourth-order valence-corrected chi connectivity index (χ4v) is 2.50. The maximum atomic E-state index is 12.4. The van der Waals surface area contributed by atoms with Gasteiger partial charge in [0, 0.05) is 23.4 Å². The maximum absolute atomic E-state index is 12.4. The molecule has 0 aliphatic carbocycles. The Hall–Kier alpha value is -1.69. The van der Waals surface area contributed by atoms with Gasteiger partial charge in [0.2, 0.25) is 0 Å². The van der Waals surface area contributed by atoms with Crippen LogP contribution in [-0.4, -0.2) is 40.7 Å². The molecule has 0 bridgehead atoms. The Kier molecular flexibility index (Phi) is 4.46. The van der Waals surface area contributed by atoms with Crippen molar-refractivity contribution in [2.45, 2.75) is 31.1 Å². The molecule has 21 heavy (non-hydrogen) atoms. The van der Waals surface area contributed by atoms with Crippen LogP contribution in [-0.2, 0) is 11.2 Å². The summed E-state index contributed by atoms with van der Waals surface area (Å²) < 4.78 is -0.0897. The zero-order valence-corrected chi connectivity index (χ0v) is 13.2. The lowest BCUT2D eigenvalue weighted by Gasteiger charge is -2.27. The highest BCUT2D eigenvalue weighted by molar-refractivity contribution is 7.99. The molecule has 0 spiro atoms. The summed E-state index contributed by atoms with van der Waals surface area (Å²) in [4.78, 5) is 25.2. The van der Waals surface area contributed by atoms with E-state index in [0.29, 0.717) is 18.7 Å². The molecule has 1 aliphatic heterocycles. The van der Waals surface area contributed by atoms with Gasteiger partial charge in [0.1, 0.15) is 6.04 Å². The van der Waals surface area contributed by atoms with Crippen LogP contribution in [0.5, 0.6) is 0 Å². The van der Waals surface area contributed by atoms with Crippen molar-refractivity contribution in [3.8, 4) is 0 Å². The van der Waals surface area contributed by atoms with Crippen molar-refractivity contribution < 1.29 is 14.7 Å². The third kappa shape index (κ3) is 3.32. The molecule has 1 aromatic carbocycles. The Labute approximate surface area is 128 Å². The van der Waals surface area contributed by atoms with Crippen LogP contribution in [0.25, 0.3) is 0 Å².